The van der Waals surface area contributed by atoms with Crippen molar-refractivity contribution in [3.63, 3.8) is 0 Å². The van der Waals surface area contributed by atoms with Crippen molar-refractivity contribution >= 4 is 12.1 Å². The Hall–Kier alpha value is -2.04. The summed E-state index contributed by atoms with van der Waals surface area (Å²) in [5, 5.41) is 2.51. The Kier molecular flexibility index (Phi) is 7.94. The molecule has 0 aromatic heterocycles. The van der Waals surface area contributed by atoms with E-state index >= 15 is 0 Å². The van der Waals surface area contributed by atoms with Gasteiger partial charge in [-0.3, -0.25) is 0 Å². The van der Waals surface area contributed by atoms with Crippen molar-refractivity contribution in [2.75, 3.05) is 0 Å². The maximum atomic E-state index is 12.2. The van der Waals surface area contributed by atoms with Gasteiger partial charge in [0.05, 0.1) is 0 Å². The number of benzene rings is 1. The van der Waals surface area contributed by atoms with Crippen LogP contribution >= 0.6 is 0 Å². The van der Waals surface area contributed by atoms with Crippen molar-refractivity contribution in [2.45, 2.75) is 72.1 Å². The van der Waals surface area contributed by atoms with Crippen molar-refractivity contribution in [2.24, 2.45) is 5.92 Å². The molecule has 1 rings (SSSR count). The lowest BCUT2D eigenvalue weighted by molar-refractivity contribution is -0.153. The van der Waals surface area contributed by atoms with Gasteiger partial charge in [0.15, 0.2) is 0 Å². The molecule has 0 spiro atoms. The molecule has 0 aliphatic rings. The number of rotatable bonds is 7. The SMILES string of the molecule is CC[C@@H](Cc1ccccc1)[C@H](C)OC(=O)[C@H](C)NC(=O)OC(C)(C)C. The first-order valence-corrected chi connectivity index (χ1v) is 8.86. The predicted octanol–water partition coefficient (Wildman–Crippen LogP) is 4.10. The van der Waals surface area contributed by atoms with Crippen molar-refractivity contribution in [1.29, 1.82) is 0 Å². The minimum absolute atomic E-state index is 0.222. The van der Waals surface area contributed by atoms with Gasteiger partial charge < -0.3 is 14.8 Å². The lowest BCUT2D eigenvalue weighted by atomic mass is 9.92. The Morgan fingerprint density at radius 2 is 1.72 bits per heavy atom. The molecule has 0 heterocycles. The van der Waals surface area contributed by atoms with E-state index in [0.717, 1.165) is 12.8 Å². The van der Waals surface area contributed by atoms with E-state index in [9.17, 15) is 9.59 Å². The highest BCUT2D eigenvalue weighted by atomic mass is 16.6. The summed E-state index contributed by atoms with van der Waals surface area (Å²) in [5.74, 6) is -0.232. The first kappa shape index (κ1) is 21.0. The summed E-state index contributed by atoms with van der Waals surface area (Å²) in [6.45, 7) is 10.9. The topological polar surface area (TPSA) is 64.6 Å². The van der Waals surface area contributed by atoms with E-state index < -0.39 is 23.7 Å². The van der Waals surface area contributed by atoms with Crippen LogP contribution in [0.5, 0.6) is 0 Å². The van der Waals surface area contributed by atoms with Crippen LogP contribution < -0.4 is 5.32 Å². The summed E-state index contributed by atoms with van der Waals surface area (Å²) in [4.78, 5) is 24.0. The molecule has 1 aromatic carbocycles. The number of nitrogens with one attached hydrogen (secondary N) is 1. The molecule has 25 heavy (non-hydrogen) atoms. The lowest BCUT2D eigenvalue weighted by Gasteiger charge is -2.25. The first-order valence-electron chi connectivity index (χ1n) is 8.86. The molecule has 0 fully saturated rings. The minimum atomic E-state index is -0.758. The highest BCUT2D eigenvalue weighted by Gasteiger charge is 2.25. The summed E-state index contributed by atoms with van der Waals surface area (Å²) < 4.78 is 10.7. The molecule has 0 bridgehead atoms. The molecule has 1 N–H and O–H groups in total. The normalized spacial score (nSPS) is 15.0. The predicted molar refractivity (Wildman–Crippen MR) is 98.3 cm³/mol. The van der Waals surface area contributed by atoms with Gasteiger partial charge in [-0.25, -0.2) is 9.59 Å². The van der Waals surface area contributed by atoms with Crippen LogP contribution in [0, 0.1) is 5.92 Å². The third-order valence-corrected chi connectivity index (χ3v) is 3.92. The molecule has 140 valence electrons. The van der Waals surface area contributed by atoms with Crippen molar-refractivity contribution in [3.8, 4) is 0 Å². The molecule has 3 atom stereocenters. The van der Waals surface area contributed by atoms with E-state index in [2.05, 4.69) is 24.4 Å². The summed E-state index contributed by atoms with van der Waals surface area (Å²) >= 11 is 0. The first-order chi connectivity index (χ1) is 11.6. The average Bonchev–Trinajstić information content (AvgIpc) is 2.51. The average molecular weight is 349 g/mol. The van der Waals surface area contributed by atoms with E-state index in [0.29, 0.717) is 0 Å². The van der Waals surface area contributed by atoms with Gasteiger partial charge in [0.2, 0.25) is 0 Å². The molecule has 0 saturated carbocycles. The Labute approximate surface area is 151 Å². The number of hydrogen-bond acceptors (Lipinski definition) is 4. The van der Waals surface area contributed by atoms with Crippen LogP contribution in [0.1, 0.15) is 53.5 Å². The quantitative estimate of drug-likeness (QED) is 0.753. The molecular weight excluding hydrogens is 318 g/mol. The van der Waals surface area contributed by atoms with Crippen LogP contribution in [0.3, 0.4) is 0 Å². The zero-order valence-electron chi connectivity index (χ0n) is 16.2. The van der Waals surface area contributed by atoms with E-state index in [4.69, 9.17) is 9.47 Å². The van der Waals surface area contributed by atoms with Crippen molar-refractivity contribution in [1.82, 2.24) is 5.32 Å². The van der Waals surface area contributed by atoms with Gasteiger partial charge in [-0.2, -0.15) is 0 Å². The zero-order valence-corrected chi connectivity index (χ0v) is 16.2. The molecule has 0 unspecified atom stereocenters. The van der Waals surface area contributed by atoms with E-state index in [1.807, 2.05) is 25.1 Å². The Balaban J connectivity index is 2.54. The number of amides is 1. The molecule has 1 amide bonds. The molecule has 5 heteroatoms. The number of alkyl carbamates (subject to hydrolysis) is 1. The highest BCUT2D eigenvalue weighted by Crippen LogP contribution is 2.19. The van der Waals surface area contributed by atoms with Crippen LogP contribution in [0.4, 0.5) is 4.79 Å². The zero-order chi connectivity index (χ0) is 19.0. The number of esters is 1. The molecule has 0 radical (unpaired) electrons. The van der Waals surface area contributed by atoms with Gasteiger partial charge in [0.25, 0.3) is 0 Å². The molecular formula is C20H31NO4. The third-order valence-electron chi connectivity index (χ3n) is 3.92. The number of hydrogen-bond donors (Lipinski definition) is 1. The summed E-state index contributed by atoms with van der Waals surface area (Å²) in [5.41, 5.74) is 0.612. The fourth-order valence-electron chi connectivity index (χ4n) is 2.48. The van der Waals surface area contributed by atoms with Crippen molar-refractivity contribution < 1.29 is 19.1 Å². The summed E-state index contributed by atoms with van der Waals surface area (Å²) in [6, 6.07) is 9.38. The molecule has 0 saturated heterocycles. The second kappa shape index (κ2) is 9.44. The monoisotopic (exact) mass is 349 g/mol. The van der Waals surface area contributed by atoms with Gasteiger partial charge in [0.1, 0.15) is 17.7 Å². The lowest BCUT2D eigenvalue weighted by Crippen LogP contribution is -2.43. The minimum Gasteiger partial charge on any atom is -0.461 e. The van der Waals surface area contributed by atoms with Crippen LogP contribution in [0.15, 0.2) is 30.3 Å². The van der Waals surface area contributed by atoms with Crippen LogP contribution in [-0.2, 0) is 20.7 Å². The summed E-state index contributed by atoms with van der Waals surface area (Å²) in [6.07, 6.45) is 0.887. The number of carbonyl (C=O) groups excluding carboxylic acids is 2. The second-order valence-corrected chi connectivity index (χ2v) is 7.37. The van der Waals surface area contributed by atoms with Crippen LogP contribution in [0.25, 0.3) is 0 Å². The highest BCUT2D eigenvalue weighted by molar-refractivity contribution is 5.81. The maximum Gasteiger partial charge on any atom is 0.408 e. The molecule has 1 aromatic rings. The largest absolute Gasteiger partial charge is 0.461 e. The van der Waals surface area contributed by atoms with Gasteiger partial charge in [-0.05, 0) is 58.9 Å². The van der Waals surface area contributed by atoms with Gasteiger partial charge in [-0.15, -0.1) is 0 Å². The fraction of sp³-hybridized carbons (Fsp3) is 0.600. The Morgan fingerprint density at radius 3 is 2.24 bits per heavy atom. The van der Waals surface area contributed by atoms with Gasteiger partial charge >= 0.3 is 12.1 Å². The maximum absolute atomic E-state index is 12.2. The number of carbonyl (C=O) groups is 2. The van der Waals surface area contributed by atoms with Crippen LogP contribution in [0.2, 0.25) is 0 Å². The van der Waals surface area contributed by atoms with E-state index in [1.54, 1.807) is 27.7 Å². The van der Waals surface area contributed by atoms with Gasteiger partial charge in [-0.1, -0.05) is 37.3 Å². The molecule has 5 nitrogen and oxygen atoms in total. The molecule has 0 aliphatic heterocycles. The fourth-order valence-corrected chi connectivity index (χ4v) is 2.48. The van der Waals surface area contributed by atoms with Gasteiger partial charge in [0, 0.05) is 0 Å². The smallest absolute Gasteiger partial charge is 0.408 e. The van der Waals surface area contributed by atoms with Crippen LogP contribution in [-0.4, -0.2) is 29.8 Å². The standard InChI is InChI=1S/C20H31NO4/c1-7-17(13-16-11-9-8-10-12-16)15(3)24-18(22)14(2)21-19(23)25-20(4,5)6/h8-12,14-15,17H,7,13H2,1-6H3,(H,21,23)/t14-,15-,17-/m0/s1. The van der Waals surface area contributed by atoms with E-state index in [-0.39, 0.29) is 12.0 Å². The Bertz CT molecular complexity index is 551. The number of ether oxygens (including phenoxy) is 2. The third kappa shape index (κ3) is 8.05. The molecule has 0 aliphatic carbocycles. The second-order valence-electron chi connectivity index (χ2n) is 7.37. The Morgan fingerprint density at radius 1 is 1.12 bits per heavy atom. The van der Waals surface area contributed by atoms with Crippen molar-refractivity contribution in [3.05, 3.63) is 35.9 Å². The summed E-state index contributed by atoms with van der Waals surface area (Å²) in [7, 11) is 0. The van der Waals surface area contributed by atoms with E-state index in [1.165, 1.54) is 5.56 Å².